The van der Waals surface area contributed by atoms with Crippen molar-refractivity contribution in [2.75, 3.05) is 38.2 Å². The largest absolute Gasteiger partial charge is 0.495 e. The van der Waals surface area contributed by atoms with Crippen molar-refractivity contribution in [2.45, 2.75) is 6.54 Å². The van der Waals surface area contributed by atoms with Crippen LogP contribution in [0.3, 0.4) is 0 Å². The first-order valence-electron chi connectivity index (χ1n) is 12.1. The standard InChI is InChI=1S/C29H27N3O4S/c1-36-25-13-6-5-12-24(25)30-14-16-31(17-15-30)27(33)23-11-7-10-22(18-23)19-26-28(34)32(29(35)37-26)20-21-8-3-2-4-9-21/h2-13,18-19H,14-17,20H2,1H3/b26-19-. The number of imide groups is 1. The van der Waals surface area contributed by atoms with E-state index < -0.39 is 0 Å². The van der Waals surface area contributed by atoms with Gasteiger partial charge in [-0.1, -0.05) is 54.6 Å². The summed E-state index contributed by atoms with van der Waals surface area (Å²) in [5.41, 5.74) is 3.19. The van der Waals surface area contributed by atoms with Crippen molar-refractivity contribution >= 4 is 40.6 Å². The molecule has 2 aliphatic heterocycles. The SMILES string of the molecule is COc1ccccc1N1CCN(C(=O)c2cccc(/C=C3\SC(=O)N(Cc4ccccc4)C3=O)c2)CC1. The van der Waals surface area contributed by atoms with Crippen LogP contribution in [0.25, 0.3) is 6.08 Å². The van der Waals surface area contributed by atoms with Gasteiger partial charge in [-0.15, -0.1) is 0 Å². The molecule has 0 unspecified atom stereocenters. The first-order valence-corrected chi connectivity index (χ1v) is 12.9. The summed E-state index contributed by atoms with van der Waals surface area (Å²) in [6, 6.07) is 24.5. The van der Waals surface area contributed by atoms with Gasteiger partial charge in [-0.25, -0.2) is 0 Å². The van der Waals surface area contributed by atoms with Crippen LogP contribution in [-0.2, 0) is 11.3 Å². The Kier molecular flexibility index (Phi) is 7.28. The van der Waals surface area contributed by atoms with Crippen molar-refractivity contribution in [3.8, 4) is 5.75 Å². The third-order valence-corrected chi connectivity index (χ3v) is 7.39. The second-order valence-corrected chi connectivity index (χ2v) is 9.82. The van der Waals surface area contributed by atoms with Gasteiger partial charge in [-0.3, -0.25) is 19.3 Å². The van der Waals surface area contributed by atoms with Crippen molar-refractivity contribution < 1.29 is 19.1 Å². The van der Waals surface area contributed by atoms with Gasteiger partial charge in [0.1, 0.15) is 5.75 Å². The van der Waals surface area contributed by atoms with Crippen molar-refractivity contribution in [2.24, 2.45) is 0 Å². The number of hydrogen-bond acceptors (Lipinski definition) is 6. The van der Waals surface area contributed by atoms with E-state index in [2.05, 4.69) is 4.90 Å². The quantitative estimate of drug-likeness (QED) is 0.437. The van der Waals surface area contributed by atoms with Gasteiger partial charge >= 0.3 is 0 Å². The highest BCUT2D eigenvalue weighted by atomic mass is 32.2. The Balaban J connectivity index is 1.25. The van der Waals surface area contributed by atoms with E-state index in [0.29, 0.717) is 42.2 Å². The number of thioether (sulfide) groups is 1. The number of hydrogen-bond donors (Lipinski definition) is 0. The van der Waals surface area contributed by atoms with Crippen LogP contribution in [0.2, 0.25) is 0 Å². The minimum atomic E-state index is -0.317. The Morgan fingerprint density at radius 3 is 2.41 bits per heavy atom. The van der Waals surface area contributed by atoms with Gasteiger partial charge in [0.15, 0.2) is 0 Å². The second kappa shape index (κ2) is 10.9. The number of benzene rings is 3. The summed E-state index contributed by atoms with van der Waals surface area (Å²) in [6.07, 6.45) is 1.69. The van der Waals surface area contributed by atoms with Crippen LogP contribution in [0.15, 0.2) is 83.8 Å². The van der Waals surface area contributed by atoms with Gasteiger partial charge in [-0.05, 0) is 53.2 Å². The smallest absolute Gasteiger partial charge is 0.293 e. The molecular formula is C29H27N3O4S. The topological polar surface area (TPSA) is 70.2 Å². The zero-order valence-electron chi connectivity index (χ0n) is 20.5. The average molecular weight is 514 g/mol. The molecule has 2 aliphatic rings. The Morgan fingerprint density at radius 1 is 0.919 bits per heavy atom. The van der Waals surface area contributed by atoms with Gasteiger partial charge in [-0.2, -0.15) is 0 Å². The van der Waals surface area contributed by atoms with E-state index in [-0.39, 0.29) is 23.6 Å². The molecule has 37 heavy (non-hydrogen) atoms. The van der Waals surface area contributed by atoms with E-state index in [4.69, 9.17) is 4.74 Å². The number of nitrogens with zero attached hydrogens (tertiary/aromatic N) is 3. The number of carbonyl (C=O) groups is 3. The molecule has 7 nitrogen and oxygen atoms in total. The van der Waals surface area contributed by atoms with Crippen LogP contribution in [0.5, 0.6) is 5.75 Å². The van der Waals surface area contributed by atoms with E-state index in [1.165, 1.54) is 4.90 Å². The molecule has 188 valence electrons. The van der Waals surface area contributed by atoms with Gasteiger partial charge in [0, 0.05) is 31.7 Å². The fourth-order valence-corrected chi connectivity index (χ4v) is 5.38. The number of piperazine rings is 1. The minimum Gasteiger partial charge on any atom is -0.495 e. The van der Waals surface area contributed by atoms with Crippen molar-refractivity contribution in [3.63, 3.8) is 0 Å². The molecule has 2 saturated heterocycles. The van der Waals surface area contributed by atoms with E-state index in [0.717, 1.165) is 28.8 Å². The van der Waals surface area contributed by atoms with Crippen molar-refractivity contribution in [1.82, 2.24) is 9.80 Å². The molecule has 0 atom stereocenters. The fourth-order valence-electron chi connectivity index (χ4n) is 4.54. The molecule has 0 N–H and O–H groups in total. The molecule has 2 heterocycles. The lowest BCUT2D eigenvalue weighted by atomic mass is 10.1. The maximum Gasteiger partial charge on any atom is 0.293 e. The van der Waals surface area contributed by atoms with Gasteiger partial charge < -0.3 is 14.5 Å². The molecule has 0 bridgehead atoms. The maximum absolute atomic E-state index is 13.3. The predicted octanol–water partition coefficient (Wildman–Crippen LogP) is 4.89. The third kappa shape index (κ3) is 5.39. The number of anilines is 1. The van der Waals surface area contributed by atoms with Gasteiger partial charge in [0.25, 0.3) is 17.1 Å². The third-order valence-electron chi connectivity index (χ3n) is 6.48. The molecule has 0 aromatic heterocycles. The normalized spacial score (nSPS) is 17.0. The number of ether oxygens (including phenoxy) is 1. The minimum absolute atomic E-state index is 0.0490. The Hall–Kier alpha value is -4.04. The van der Waals surface area contributed by atoms with E-state index in [9.17, 15) is 14.4 Å². The summed E-state index contributed by atoms with van der Waals surface area (Å²) in [6.45, 7) is 2.85. The van der Waals surface area contributed by atoms with E-state index in [1.54, 1.807) is 31.4 Å². The molecule has 8 heteroatoms. The summed E-state index contributed by atoms with van der Waals surface area (Å²) in [5.74, 6) is 0.457. The number of para-hydroxylation sites is 2. The number of rotatable bonds is 6. The molecule has 3 amide bonds. The summed E-state index contributed by atoms with van der Waals surface area (Å²) in [5, 5.41) is -0.291. The van der Waals surface area contributed by atoms with Crippen LogP contribution in [0.4, 0.5) is 10.5 Å². The summed E-state index contributed by atoms with van der Waals surface area (Å²) in [7, 11) is 1.66. The summed E-state index contributed by atoms with van der Waals surface area (Å²) >= 11 is 0.927. The first kappa shape index (κ1) is 24.6. The predicted molar refractivity (Wildman–Crippen MR) is 146 cm³/mol. The molecule has 2 fully saturated rings. The lowest BCUT2D eigenvalue weighted by Crippen LogP contribution is -2.48. The van der Waals surface area contributed by atoms with Gasteiger partial charge in [0.05, 0.1) is 24.2 Å². The number of amides is 3. The lowest BCUT2D eigenvalue weighted by molar-refractivity contribution is -0.123. The van der Waals surface area contributed by atoms with Crippen molar-refractivity contribution in [3.05, 3.63) is 100 Å². The van der Waals surface area contributed by atoms with Crippen LogP contribution in [0, 0.1) is 0 Å². The number of carbonyl (C=O) groups excluding carboxylic acids is 3. The molecular weight excluding hydrogens is 486 g/mol. The summed E-state index contributed by atoms with van der Waals surface area (Å²) in [4.78, 5) is 44.3. The molecule has 5 rings (SSSR count). The highest BCUT2D eigenvalue weighted by molar-refractivity contribution is 8.18. The highest BCUT2D eigenvalue weighted by Crippen LogP contribution is 2.33. The monoisotopic (exact) mass is 513 g/mol. The number of methoxy groups -OCH3 is 1. The zero-order valence-corrected chi connectivity index (χ0v) is 21.3. The second-order valence-electron chi connectivity index (χ2n) is 8.83. The Morgan fingerprint density at radius 2 is 1.65 bits per heavy atom. The van der Waals surface area contributed by atoms with Gasteiger partial charge in [0.2, 0.25) is 0 Å². The summed E-state index contributed by atoms with van der Waals surface area (Å²) < 4.78 is 5.48. The molecule has 0 aliphatic carbocycles. The molecule has 0 spiro atoms. The van der Waals surface area contributed by atoms with Crippen LogP contribution >= 0.6 is 11.8 Å². The maximum atomic E-state index is 13.3. The molecule has 3 aromatic rings. The lowest BCUT2D eigenvalue weighted by Gasteiger charge is -2.36. The van der Waals surface area contributed by atoms with E-state index in [1.807, 2.05) is 65.6 Å². The van der Waals surface area contributed by atoms with E-state index >= 15 is 0 Å². The molecule has 0 saturated carbocycles. The average Bonchev–Trinajstić information content (AvgIpc) is 3.20. The van der Waals surface area contributed by atoms with Crippen LogP contribution < -0.4 is 9.64 Å². The van der Waals surface area contributed by atoms with Crippen LogP contribution in [-0.4, -0.2) is 60.1 Å². The first-order chi connectivity index (χ1) is 18.0. The molecule has 0 radical (unpaired) electrons. The Bertz CT molecular complexity index is 1350. The highest BCUT2D eigenvalue weighted by Gasteiger charge is 2.35. The van der Waals surface area contributed by atoms with Crippen LogP contribution in [0.1, 0.15) is 21.5 Å². The van der Waals surface area contributed by atoms with Crippen molar-refractivity contribution in [1.29, 1.82) is 0 Å². The fraction of sp³-hybridized carbons (Fsp3) is 0.207. The zero-order chi connectivity index (χ0) is 25.8. The Labute approximate surface area is 220 Å². The molecule has 3 aromatic carbocycles.